The van der Waals surface area contributed by atoms with Crippen molar-refractivity contribution in [3.05, 3.63) is 29.1 Å². The van der Waals surface area contributed by atoms with Crippen LogP contribution in [0.4, 0.5) is 10.1 Å². The van der Waals surface area contributed by atoms with Gasteiger partial charge in [0.25, 0.3) is 0 Å². The summed E-state index contributed by atoms with van der Waals surface area (Å²) < 4.78 is 23.5. The number of anilines is 1. The van der Waals surface area contributed by atoms with Gasteiger partial charge in [-0.15, -0.1) is 0 Å². The Balaban J connectivity index is 2.56. The van der Waals surface area contributed by atoms with Crippen LogP contribution in [-0.2, 0) is 9.47 Å². The summed E-state index contributed by atoms with van der Waals surface area (Å²) in [5, 5.41) is 0. The van der Waals surface area contributed by atoms with E-state index in [1.807, 2.05) is 0 Å². The van der Waals surface area contributed by atoms with Crippen LogP contribution in [0.25, 0.3) is 0 Å². The van der Waals surface area contributed by atoms with E-state index in [0.29, 0.717) is 24.3 Å². The molecule has 0 radical (unpaired) electrons. The summed E-state index contributed by atoms with van der Waals surface area (Å²) in [5.74, 6) is -1.26. The van der Waals surface area contributed by atoms with E-state index in [2.05, 4.69) is 0 Å². The van der Waals surface area contributed by atoms with Gasteiger partial charge in [0.1, 0.15) is 5.82 Å². The Hall–Kier alpha value is -1.62. The summed E-state index contributed by atoms with van der Waals surface area (Å²) in [7, 11) is 1.61. The fourth-order valence-corrected chi connectivity index (χ4v) is 1.54. The smallest absolute Gasteiger partial charge is 0.341 e. The van der Waals surface area contributed by atoms with E-state index in [-0.39, 0.29) is 12.2 Å². The molecule has 0 aliphatic heterocycles. The number of methoxy groups -OCH3 is 1. The van der Waals surface area contributed by atoms with Crippen LogP contribution < -0.4 is 5.73 Å². The maximum atomic E-state index is 13.7. The molecule has 0 spiro atoms. The quantitative estimate of drug-likeness (QED) is 0.481. The maximum Gasteiger partial charge on any atom is 0.341 e. The van der Waals surface area contributed by atoms with Crippen LogP contribution in [0, 0.1) is 12.7 Å². The fraction of sp³-hybridized carbons (Fsp3) is 0.462. The first-order chi connectivity index (χ1) is 8.56. The average Bonchev–Trinajstić information content (AvgIpc) is 2.33. The lowest BCUT2D eigenvalue weighted by molar-refractivity contribution is 0.0483. The highest BCUT2D eigenvalue weighted by atomic mass is 19.1. The minimum absolute atomic E-state index is 0.112. The molecule has 0 saturated carbocycles. The predicted molar refractivity (Wildman–Crippen MR) is 66.9 cm³/mol. The number of nitrogen functional groups attached to an aromatic ring is 1. The molecule has 1 aromatic carbocycles. The molecule has 0 heterocycles. The highest BCUT2D eigenvalue weighted by Crippen LogP contribution is 2.18. The molecule has 18 heavy (non-hydrogen) atoms. The first-order valence-electron chi connectivity index (χ1n) is 5.78. The Kier molecular flexibility index (Phi) is 5.58. The van der Waals surface area contributed by atoms with Crippen molar-refractivity contribution in [2.45, 2.75) is 19.8 Å². The minimum Gasteiger partial charge on any atom is -0.462 e. The van der Waals surface area contributed by atoms with Crippen molar-refractivity contribution in [3.63, 3.8) is 0 Å². The molecule has 0 atom stereocenters. The molecule has 5 heteroatoms. The molecule has 0 saturated heterocycles. The van der Waals surface area contributed by atoms with Gasteiger partial charge in [-0.25, -0.2) is 9.18 Å². The zero-order valence-electron chi connectivity index (χ0n) is 10.7. The lowest BCUT2D eigenvalue weighted by Gasteiger charge is -2.08. The molecule has 0 unspecified atom stereocenters. The number of carbonyl (C=O) groups excluding carboxylic acids is 1. The summed E-state index contributed by atoms with van der Waals surface area (Å²) in [4.78, 5) is 11.7. The van der Waals surface area contributed by atoms with E-state index in [9.17, 15) is 9.18 Å². The summed E-state index contributed by atoms with van der Waals surface area (Å²) in [6.07, 6.45) is 1.48. The number of rotatable bonds is 6. The SMILES string of the molecule is COCCCCOC(=O)c1cc(N)cc(C)c1F. The normalized spacial score (nSPS) is 10.4. The minimum atomic E-state index is -0.680. The summed E-state index contributed by atoms with van der Waals surface area (Å²) >= 11 is 0. The number of hydrogen-bond donors (Lipinski definition) is 1. The Bertz CT molecular complexity index is 421. The first-order valence-corrected chi connectivity index (χ1v) is 5.78. The average molecular weight is 255 g/mol. The van der Waals surface area contributed by atoms with Gasteiger partial charge in [-0.2, -0.15) is 0 Å². The molecule has 1 rings (SSSR count). The molecule has 2 N–H and O–H groups in total. The van der Waals surface area contributed by atoms with E-state index >= 15 is 0 Å². The molecule has 4 nitrogen and oxygen atoms in total. The maximum absolute atomic E-state index is 13.7. The van der Waals surface area contributed by atoms with E-state index in [4.69, 9.17) is 15.2 Å². The van der Waals surface area contributed by atoms with Crippen LogP contribution in [0.2, 0.25) is 0 Å². The third kappa shape index (κ3) is 4.00. The first kappa shape index (κ1) is 14.4. The van der Waals surface area contributed by atoms with Crippen molar-refractivity contribution in [1.29, 1.82) is 0 Å². The second-order valence-corrected chi connectivity index (χ2v) is 4.04. The lowest BCUT2D eigenvalue weighted by atomic mass is 10.1. The predicted octanol–water partition coefficient (Wildman–Crippen LogP) is 2.30. The fourth-order valence-electron chi connectivity index (χ4n) is 1.54. The molecule has 0 bridgehead atoms. The summed E-state index contributed by atoms with van der Waals surface area (Å²) in [6.45, 7) is 2.42. The standard InChI is InChI=1S/C13H18FNO3/c1-9-7-10(15)8-11(12(9)14)13(16)18-6-4-3-5-17-2/h7-8H,3-6,15H2,1-2H3. The Labute approximate surface area is 106 Å². The lowest BCUT2D eigenvalue weighted by Crippen LogP contribution is -2.10. The van der Waals surface area contributed by atoms with Crippen molar-refractivity contribution in [1.82, 2.24) is 0 Å². The molecule has 0 aliphatic rings. The molecule has 100 valence electrons. The second kappa shape index (κ2) is 6.96. The number of esters is 1. The highest BCUT2D eigenvalue weighted by molar-refractivity contribution is 5.91. The van der Waals surface area contributed by atoms with E-state index in [1.165, 1.54) is 12.1 Å². The number of aryl methyl sites for hydroxylation is 1. The van der Waals surface area contributed by atoms with E-state index in [0.717, 1.165) is 6.42 Å². The van der Waals surface area contributed by atoms with Gasteiger partial charge in [-0.1, -0.05) is 0 Å². The monoisotopic (exact) mass is 255 g/mol. The molecule has 0 aromatic heterocycles. The number of ether oxygens (including phenoxy) is 2. The highest BCUT2D eigenvalue weighted by Gasteiger charge is 2.15. The van der Waals surface area contributed by atoms with Crippen molar-refractivity contribution >= 4 is 11.7 Å². The third-order valence-electron chi connectivity index (χ3n) is 2.47. The molecular weight excluding hydrogens is 237 g/mol. The molecule has 1 aromatic rings. The third-order valence-corrected chi connectivity index (χ3v) is 2.47. The summed E-state index contributed by atoms with van der Waals surface area (Å²) in [6, 6.07) is 2.77. The van der Waals surface area contributed by atoms with Gasteiger partial charge < -0.3 is 15.2 Å². The molecule has 0 fully saturated rings. The van der Waals surface area contributed by atoms with Crippen molar-refractivity contribution in [2.24, 2.45) is 0 Å². The topological polar surface area (TPSA) is 61.5 Å². The van der Waals surface area contributed by atoms with Gasteiger partial charge in [0.05, 0.1) is 12.2 Å². The van der Waals surface area contributed by atoms with Crippen molar-refractivity contribution in [2.75, 3.05) is 26.1 Å². The Morgan fingerprint density at radius 3 is 2.67 bits per heavy atom. The van der Waals surface area contributed by atoms with Crippen LogP contribution >= 0.6 is 0 Å². The van der Waals surface area contributed by atoms with Crippen LogP contribution in [0.15, 0.2) is 12.1 Å². The van der Waals surface area contributed by atoms with E-state index in [1.54, 1.807) is 14.0 Å². The second-order valence-electron chi connectivity index (χ2n) is 4.04. The Morgan fingerprint density at radius 1 is 1.33 bits per heavy atom. The molecule has 0 aliphatic carbocycles. The van der Waals surface area contributed by atoms with Crippen molar-refractivity contribution in [3.8, 4) is 0 Å². The number of nitrogens with two attached hydrogens (primary N) is 1. The van der Waals surface area contributed by atoms with Gasteiger partial charge >= 0.3 is 5.97 Å². The zero-order valence-corrected chi connectivity index (χ0v) is 10.7. The largest absolute Gasteiger partial charge is 0.462 e. The van der Waals surface area contributed by atoms with Gasteiger partial charge in [-0.3, -0.25) is 0 Å². The number of unbranched alkanes of at least 4 members (excludes halogenated alkanes) is 1. The van der Waals surface area contributed by atoms with Crippen LogP contribution in [0.3, 0.4) is 0 Å². The van der Waals surface area contributed by atoms with Gasteiger partial charge in [0.2, 0.25) is 0 Å². The van der Waals surface area contributed by atoms with Gasteiger partial charge in [0.15, 0.2) is 0 Å². The van der Waals surface area contributed by atoms with E-state index < -0.39 is 11.8 Å². The number of hydrogen-bond acceptors (Lipinski definition) is 4. The molecule has 0 amide bonds. The van der Waals surface area contributed by atoms with Gasteiger partial charge in [-0.05, 0) is 37.5 Å². The number of benzene rings is 1. The number of halogens is 1. The van der Waals surface area contributed by atoms with Crippen LogP contribution in [-0.4, -0.2) is 26.3 Å². The van der Waals surface area contributed by atoms with Crippen LogP contribution in [0.1, 0.15) is 28.8 Å². The van der Waals surface area contributed by atoms with Crippen molar-refractivity contribution < 1.29 is 18.7 Å². The Morgan fingerprint density at radius 2 is 2.00 bits per heavy atom. The van der Waals surface area contributed by atoms with Gasteiger partial charge in [0, 0.05) is 19.4 Å². The number of carbonyl (C=O) groups is 1. The molecular formula is C13H18FNO3. The van der Waals surface area contributed by atoms with Crippen LogP contribution in [0.5, 0.6) is 0 Å². The zero-order chi connectivity index (χ0) is 13.5. The summed E-state index contributed by atoms with van der Waals surface area (Å²) in [5.41, 5.74) is 6.14.